The first-order chi connectivity index (χ1) is 9.60. The lowest BCUT2D eigenvalue weighted by atomic mass is 10.3. The van der Waals surface area contributed by atoms with Gasteiger partial charge in [-0.2, -0.15) is 0 Å². The molecule has 0 amide bonds. The number of benzene rings is 1. The summed E-state index contributed by atoms with van der Waals surface area (Å²) >= 11 is 19.3. The number of ether oxygens (including phenoxy) is 1. The van der Waals surface area contributed by atoms with Crippen molar-refractivity contribution in [3.63, 3.8) is 0 Å². The molecular weight excluding hydrogens is 339 g/mol. The van der Waals surface area contributed by atoms with E-state index in [1.165, 1.54) is 11.3 Å². The predicted molar refractivity (Wildman–Crippen MR) is 84.1 cm³/mol. The summed E-state index contributed by atoms with van der Waals surface area (Å²) < 4.78 is 5.61. The SMILES string of the molecule is OCC#Cc1ccc(COc2cc(Cl)c(Cl)cc2Cl)s1. The Hall–Kier alpha value is -0.890. The fraction of sp³-hybridized carbons (Fsp3) is 0.143. The van der Waals surface area contributed by atoms with Gasteiger partial charge in [0.2, 0.25) is 0 Å². The van der Waals surface area contributed by atoms with E-state index >= 15 is 0 Å². The largest absolute Gasteiger partial charge is 0.486 e. The summed E-state index contributed by atoms with van der Waals surface area (Å²) in [6, 6.07) is 6.93. The minimum absolute atomic E-state index is 0.150. The zero-order valence-electron chi connectivity index (χ0n) is 10.1. The highest BCUT2D eigenvalue weighted by Gasteiger charge is 2.08. The fourth-order valence-electron chi connectivity index (χ4n) is 1.41. The molecule has 2 nitrogen and oxygen atoms in total. The normalized spacial score (nSPS) is 10.0. The van der Waals surface area contributed by atoms with E-state index in [0.717, 1.165) is 9.75 Å². The molecule has 0 aliphatic heterocycles. The molecule has 0 spiro atoms. The van der Waals surface area contributed by atoms with E-state index in [1.54, 1.807) is 12.1 Å². The molecule has 0 bridgehead atoms. The van der Waals surface area contributed by atoms with Gasteiger partial charge in [0, 0.05) is 10.9 Å². The lowest BCUT2D eigenvalue weighted by Crippen LogP contribution is -1.93. The highest BCUT2D eigenvalue weighted by molar-refractivity contribution is 7.12. The van der Waals surface area contributed by atoms with Gasteiger partial charge in [-0.25, -0.2) is 0 Å². The molecule has 0 aliphatic carbocycles. The average Bonchev–Trinajstić information content (AvgIpc) is 2.87. The van der Waals surface area contributed by atoms with Crippen molar-refractivity contribution in [2.24, 2.45) is 0 Å². The first-order valence-electron chi connectivity index (χ1n) is 5.56. The maximum absolute atomic E-state index is 8.63. The van der Waals surface area contributed by atoms with Gasteiger partial charge in [-0.1, -0.05) is 46.6 Å². The van der Waals surface area contributed by atoms with Crippen LogP contribution in [-0.2, 0) is 6.61 Å². The van der Waals surface area contributed by atoms with E-state index in [1.807, 2.05) is 12.1 Å². The molecule has 104 valence electrons. The maximum atomic E-state index is 8.63. The third kappa shape index (κ3) is 4.05. The van der Waals surface area contributed by atoms with Crippen LogP contribution in [0.15, 0.2) is 24.3 Å². The second kappa shape index (κ2) is 7.21. The Labute approximate surface area is 135 Å². The van der Waals surface area contributed by atoms with Gasteiger partial charge >= 0.3 is 0 Å². The van der Waals surface area contributed by atoms with E-state index in [9.17, 15) is 0 Å². The lowest BCUT2D eigenvalue weighted by Gasteiger charge is -2.08. The van der Waals surface area contributed by atoms with Gasteiger partial charge in [0.05, 0.1) is 19.9 Å². The smallest absolute Gasteiger partial charge is 0.140 e. The zero-order chi connectivity index (χ0) is 14.5. The molecule has 0 saturated heterocycles. The highest BCUT2D eigenvalue weighted by Crippen LogP contribution is 2.34. The summed E-state index contributed by atoms with van der Waals surface area (Å²) in [6.45, 7) is 0.214. The van der Waals surface area contributed by atoms with Crippen LogP contribution in [0.5, 0.6) is 5.75 Å². The molecule has 0 atom stereocenters. The van der Waals surface area contributed by atoms with Gasteiger partial charge in [0.1, 0.15) is 19.0 Å². The Bertz CT molecular complexity index is 671. The first kappa shape index (κ1) is 15.5. The number of hydrogen-bond donors (Lipinski definition) is 1. The number of halogens is 3. The van der Waals surface area contributed by atoms with Crippen molar-refractivity contribution in [2.45, 2.75) is 6.61 Å². The molecule has 0 saturated carbocycles. The van der Waals surface area contributed by atoms with Crippen molar-refractivity contribution in [3.05, 3.63) is 49.1 Å². The molecule has 6 heteroatoms. The third-order valence-electron chi connectivity index (χ3n) is 2.30. The van der Waals surface area contributed by atoms with Gasteiger partial charge in [0.15, 0.2) is 0 Å². The Morgan fingerprint density at radius 1 is 1.10 bits per heavy atom. The molecule has 2 aromatic rings. The van der Waals surface area contributed by atoms with Crippen molar-refractivity contribution in [1.82, 2.24) is 0 Å². The van der Waals surface area contributed by atoms with Crippen molar-refractivity contribution in [1.29, 1.82) is 0 Å². The molecular formula is C14H9Cl3O2S. The first-order valence-corrected chi connectivity index (χ1v) is 7.51. The van der Waals surface area contributed by atoms with Gasteiger partial charge < -0.3 is 9.84 Å². The van der Waals surface area contributed by atoms with Gasteiger partial charge in [-0.3, -0.25) is 0 Å². The summed E-state index contributed by atoms with van der Waals surface area (Å²) in [6.07, 6.45) is 0. The minimum atomic E-state index is -0.150. The molecule has 0 aliphatic rings. The molecule has 20 heavy (non-hydrogen) atoms. The second-order valence-electron chi connectivity index (χ2n) is 3.71. The van der Waals surface area contributed by atoms with Gasteiger partial charge in [-0.15, -0.1) is 11.3 Å². The summed E-state index contributed by atoms with van der Waals surface area (Å²) in [4.78, 5) is 1.87. The van der Waals surface area contributed by atoms with Crippen LogP contribution in [0.2, 0.25) is 15.1 Å². The molecule has 0 radical (unpaired) electrons. The third-order valence-corrected chi connectivity index (χ3v) is 4.29. The number of aliphatic hydroxyl groups is 1. The van der Waals surface area contributed by atoms with Crippen LogP contribution in [0.4, 0.5) is 0 Å². The lowest BCUT2D eigenvalue weighted by molar-refractivity contribution is 0.310. The quantitative estimate of drug-likeness (QED) is 0.648. The van der Waals surface area contributed by atoms with Gasteiger partial charge in [0.25, 0.3) is 0 Å². The Morgan fingerprint density at radius 2 is 1.85 bits per heavy atom. The highest BCUT2D eigenvalue weighted by atomic mass is 35.5. The van der Waals surface area contributed by atoms with Crippen LogP contribution in [0, 0.1) is 11.8 Å². The molecule has 1 heterocycles. The summed E-state index contributed by atoms with van der Waals surface area (Å²) in [5, 5.41) is 9.83. The summed E-state index contributed by atoms with van der Waals surface area (Å²) in [7, 11) is 0. The maximum Gasteiger partial charge on any atom is 0.140 e. The molecule has 0 fully saturated rings. The molecule has 1 aromatic carbocycles. The van der Waals surface area contributed by atoms with E-state index < -0.39 is 0 Å². The van der Waals surface area contributed by atoms with Crippen LogP contribution in [0.1, 0.15) is 9.75 Å². The summed E-state index contributed by atoms with van der Waals surface area (Å²) in [5.41, 5.74) is 0. The topological polar surface area (TPSA) is 29.5 Å². The number of aliphatic hydroxyl groups excluding tert-OH is 1. The zero-order valence-corrected chi connectivity index (χ0v) is 13.2. The predicted octanol–water partition coefficient (Wildman–Crippen LogP) is 4.63. The van der Waals surface area contributed by atoms with Crippen molar-refractivity contribution in [2.75, 3.05) is 6.61 Å². The van der Waals surface area contributed by atoms with Crippen molar-refractivity contribution >= 4 is 46.1 Å². The number of rotatable bonds is 3. The van der Waals surface area contributed by atoms with E-state index in [-0.39, 0.29) is 6.61 Å². The van der Waals surface area contributed by atoms with E-state index in [2.05, 4.69) is 11.8 Å². The second-order valence-corrected chi connectivity index (χ2v) is 6.10. The average molecular weight is 348 g/mol. The van der Waals surface area contributed by atoms with Crippen LogP contribution in [0.3, 0.4) is 0 Å². The fourth-order valence-corrected chi connectivity index (χ4v) is 2.80. The number of hydrogen-bond acceptors (Lipinski definition) is 3. The Balaban J connectivity index is 2.05. The summed E-state index contributed by atoms with van der Waals surface area (Å²) in [5.74, 6) is 5.92. The minimum Gasteiger partial charge on any atom is -0.486 e. The standard InChI is InChI=1S/C14H9Cl3O2S/c15-11-6-13(17)14(7-12(11)16)19-8-10-4-3-9(20-10)2-1-5-18/h3-4,6-7,18H,5,8H2. The van der Waals surface area contributed by atoms with Crippen LogP contribution in [-0.4, -0.2) is 11.7 Å². The molecule has 1 N–H and O–H groups in total. The van der Waals surface area contributed by atoms with Crippen molar-refractivity contribution in [3.8, 4) is 17.6 Å². The van der Waals surface area contributed by atoms with Crippen LogP contribution in [0.25, 0.3) is 0 Å². The monoisotopic (exact) mass is 346 g/mol. The van der Waals surface area contributed by atoms with E-state index in [4.69, 9.17) is 44.6 Å². The van der Waals surface area contributed by atoms with Gasteiger partial charge in [-0.05, 0) is 18.2 Å². The number of thiophene rings is 1. The van der Waals surface area contributed by atoms with Crippen LogP contribution >= 0.6 is 46.1 Å². The van der Waals surface area contributed by atoms with E-state index in [0.29, 0.717) is 27.4 Å². The molecule has 0 unspecified atom stereocenters. The Morgan fingerprint density at radius 3 is 2.60 bits per heavy atom. The van der Waals surface area contributed by atoms with Crippen molar-refractivity contribution < 1.29 is 9.84 Å². The Kier molecular flexibility index (Phi) is 5.59. The molecule has 2 rings (SSSR count). The van der Waals surface area contributed by atoms with Crippen LogP contribution < -0.4 is 4.74 Å². The molecule has 1 aromatic heterocycles.